The van der Waals surface area contributed by atoms with Crippen LogP contribution < -0.4 is 14.5 Å². The second kappa shape index (κ2) is 22.0. The molecule has 8 rings (SSSR count). The van der Waals surface area contributed by atoms with E-state index in [-0.39, 0.29) is 80.6 Å². The van der Waals surface area contributed by atoms with E-state index in [2.05, 4.69) is 80.4 Å². The van der Waals surface area contributed by atoms with E-state index in [1.807, 2.05) is 9.80 Å². The van der Waals surface area contributed by atoms with Gasteiger partial charge in [-0.25, -0.2) is 37.5 Å². The van der Waals surface area contributed by atoms with Gasteiger partial charge in [-0.3, -0.25) is 9.59 Å². The quantitative estimate of drug-likeness (QED) is 0.0938. The molecule has 6 aromatic rings. The highest BCUT2D eigenvalue weighted by molar-refractivity contribution is 9.69. The lowest BCUT2D eigenvalue weighted by Gasteiger charge is -2.35. The number of nitrogens with zero attached hydrogens (tertiary/aromatic N) is 8. The Balaban J connectivity index is 0.000000199. The molecule has 2 fully saturated rings. The molecule has 0 radical (unpaired) electrons. The molecule has 0 unspecified atom stereocenters. The number of phenols is 1. The molecular formula is C43H36BBr3Cl2F4N8O4. The number of rotatable bonds is 7. The van der Waals surface area contributed by atoms with Crippen LogP contribution in [0.15, 0.2) is 86.5 Å². The van der Waals surface area contributed by atoms with Gasteiger partial charge in [-0.2, -0.15) is 0 Å². The molecule has 12 nitrogen and oxygen atoms in total. The monoisotopic (exact) mass is 1120 g/mol. The number of carbonyl (C=O) groups excluding carboxylic acids is 2. The Labute approximate surface area is 405 Å². The molecule has 0 aliphatic carbocycles. The van der Waals surface area contributed by atoms with Crippen molar-refractivity contribution in [3.63, 3.8) is 0 Å². The normalized spacial score (nSPS) is 13.7. The summed E-state index contributed by atoms with van der Waals surface area (Å²) in [7, 11) is 1.40. The molecular weight excluding hydrogens is 1090 g/mol. The number of carbonyl (C=O) groups is 2. The smallest absolute Gasteiger partial charge is 0.369 e. The highest BCUT2D eigenvalue weighted by Crippen LogP contribution is 2.43. The third-order valence-electron chi connectivity index (χ3n) is 10.4. The molecule has 2 aliphatic heterocycles. The predicted octanol–water partition coefficient (Wildman–Crippen LogP) is 10.00. The summed E-state index contributed by atoms with van der Waals surface area (Å²) < 4.78 is 65.3. The molecule has 0 saturated carbocycles. The number of hydrogen-bond acceptors (Lipinski definition) is 10. The van der Waals surface area contributed by atoms with Crippen molar-refractivity contribution in [2.45, 2.75) is 0 Å². The Morgan fingerprint density at radius 1 is 0.692 bits per heavy atom. The molecule has 338 valence electrons. The molecule has 65 heavy (non-hydrogen) atoms. The molecule has 0 atom stereocenters. The number of halogens is 9. The molecule has 2 saturated heterocycles. The van der Waals surface area contributed by atoms with Gasteiger partial charge in [0.05, 0.1) is 50.1 Å². The molecule has 4 aromatic carbocycles. The standard InChI is InChI=1S/C22H19ClF2N4O2.C21H17ClF2N4O2.BBr3/c1-3-17(30)28-7-9-29(10-8-28)22-19-15(26-12-27-22)11-13(20(23)21(19)25)18-14(24)5-4-6-16(18)31-2;1-2-16(30)27-6-8-28(9-7-27)21-18-14(25-11-26-21)10-12(19(22)20(18)24)17-13(23)4-3-5-15(17)29;2-1(3)4/h3-6,11-12H,1,7-10H2,2H3;2-5,10-11,29H,1,6-9H2;. The van der Waals surface area contributed by atoms with Crippen molar-refractivity contribution >= 4 is 119 Å². The van der Waals surface area contributed by atoms with Crippen LogP contribution in [-0.2, 0) is 9.59 Å². The van der Waals surface area contributed by atoms with Crippen molar-refractivity contribution in [2.75, 3.05) is 69.3 Å². The van der Waals surface area contributed by atoms with Gasteiger partial charge in [-0.15, -0.1) is 47.3 Å². The van der Waals surface area contributed by atoms with E-state index in [9.17, 15) is 23.5 Å². The molecule has 2 amide bonds. The van der Waals surface area contributed by atoms with Crippen LogP contribution in [-0.4, -0.2) is 109 Å². The summed E-state index contributed by atoms with van der Waals surface area (Å²) in [6, 6.07) is 11.1. The highest BCUT2D eigenvalue weighted by atomic mass is 79.9. The molecule has 0 spiro atoms. The summed E-state index contributed by atoms with van der Waals surface area (Å²) in [5, 5.41) is 9.75. The van der Waals surface area contributed by atoms with E-state index in [1.165, 1.54) is 68.3 Å². The number of hydrogen-bond donors (Lipinski definition) is 1. The fourth-order valence-corrected chi connectivity index (χ4v) is 7.86. The maximum absolute atomic E-state index is 15.5. The first-order valence-corrected chi connectivity index (χ1v) is 22.9. The number of fused-ring (bicyclic) bond motifs is 2. The van der Waals surface area contributed by atoms with Crippen LogP contribution in [0, 0.1) is 23.3 Å². The van der Waals surface area contributed by atoms with E-state index in [0.717, 1.165) is 6.07 Å². The number of phenolic OH excluding ortho intramolecular Hbond substituents is 1. The third-order valence-corrected chi connectivity index (χ3v) is 11.2. The van der Waals surface area contributed by atoms with Gasteiger partial charge in [0.2, 0.25) is 11.8 Å². The van der Waals surface area contributed by atoms with Gasteiger partial charge < -0.3 is 29.4 Å². The van der Waals surface area contributed by atoms with Gasteiger partial charge >= 0.3 is 3.18 Å². The van der Waals surface area contributed by atoms with Crippen molar-refractivity contribution in [3.8, 4) is 33.8 Å². The number of benzene rings is 4. The molecule has 0 bridgehead atoms. The number of ether oxygens (including phenoxy) is 1. The Morgan fingerprint density at radius 3 is 1.49 bits per heavy atom. The number of anilines is 2. The molecule has 4 heterocycles. The zero-order valence-electron chi connectivity index (χ0n) is 34.2. The summed E-state index contributed by atoms with van der Waals surface area (Å²) in [4.78, 5) is 47.4. The van der Waals surface area contributed by atoms with Crippen LogP contribution in [0.2, 0.25) is 10.0 Å². The Bertz CT molecular complexity index is 2760. The van der Waals surface area contributed by atoms with Gasteiger partial charge in [-0.05, 0) is 48.6 Å². The Morgan fingerprint density at radius 2 is 1.09 bits per heavy atom. The van der Waals surface area contributed by atoms with Crippen molar-refractivity contribution in [1.82, 2.24) is 29.7 Å². The first kappa shape index (κ1) is 49.4. The van der Waals surface area contributed by atoms with Gasteiger partial charge in [0.15, 0.2) is 11.6 Å². The summed E-state index contributed by atoms with van der Waals surface area (Å²) in [6.45, 7) is 10.6. The first-order chi connectivity index (χ1) is 31.1. The fraction of sp³-hybridized carbons (Fsp3) is 0.209. The van der Waals surface area contributed by atoms with Crippen molar-refractivity contribution in [3.05, 3.63) is 120 Å². The minimum Gasteiger partial charge on any atom is -0.507 e. The van der Waals surface area contributed by atoms with Crippen LogP contribution in [0.25, 0.3) is 44.1 Å². The largest absolute Gasteiger partial charge is 0.507 e. The van der Waals surface area contributed by atoms with E-state index in [4.69, 9.17) is 27.9 Å². The third kappa shape index (κ3) is 10.8. The topological polar surface area (TPSA) is 128 Å². The van der Waals surface area contributed by atoms with Crippen molar-refractivity contribution in [2.24, 2.45) is 0 Å². The second-order valence-electron chi connectivity index (χ2n) is 14.0. The summed E-state index contributed by atoms with van der Waals surface area (Å²) in [6.07, 6.45) is 5.15. The number of amides is 2. The average molecular weight is 1130 g/mol. The first-order valence-electron chi connectivity index (χ1n) is 19.4. The van der Waals surface area contributed by atoms with E-state index in [0.29, 0.717) is 64.0 Å². The minimum absolute atomic E-state index is 0.00307. The van der Waals surface area contributed by atoms with Gasteiger partial charge in [0, 0.05) is 63.5 Å². The summed E-state index contributed by atoms with van der Waals surface area (Å²) in [5.41, 5.74) is 0.532. The maximum Gasteiger partial charge on any atom is 0.369 e. The van der Waals surface area contributed by atoms with Gasteiger partial charge in [-0.1, -0.05) is 48.5 Å². The zero-order chi connectivity index (χ0) is 47.1. The maximum atomic E-state index is 15.5. The number of methoxy groups -OCH3 is 1. The fourth-order valence-electron chi connectivity index (χ4n) is 7.37. The average Bonchev–Trinajstić information content (AvgIpc) is 3.30. The van der Waals surface area contributed by atoms with Crippen LogP contribution >= 0.6 is 70.5 Å². The number of aromatic hydroxyl groups is 1. The Kier molecular flexibility index (Phi) is 16.7. The van der Waals surface area contributed by atoms with Crippen LogP contribution in [0.4, 0.5) is 29.2 Å². The highest BCUT2D eigenvalue weighted by Gasteiger charge is 2.28. The summed E-state index contributed by atoms with van der Waals surface area (Å²) >= 11 is 21.9. The van der Waals surface area contributed by atoms with E-state index in [1.54, 1.807) is 15.9 Å². The Hall–Kier alpha value is -5.02. The molecule has 1 N–H and O–H groups in total. The lowest BCUT2D eigenvalue weighted by Crippen LogP contribution is -2.48. The zero-order valence-corrected chi connectivity index (χ0v) is 40.5. The van der Waals surface area contributed by atoms with Crippen LogP contribution in [0.1, 0.15) is 0 Å². The summed E-state index contributed by atoms with van der Waals surface area (Å²) in [5.74, 6) is -2.56. The van der Waals surface area contributed by atoms with Crippen LogP contribution in [0.3, 0.4) is 0 Å². The van der Waals surface area contributed by atoms with Gasteiger partial charge in [0.25, 0.3) is 0 Å². The SMILES string of the molecule is BrB(Br)Br.C=CC(=O)N1CCN(c2ncnc3cc(-c4c(F)cccc4OC)c(Cl)c(F)c23)CC1.C=CC(=O)N1CCN(c2ncnc3cc(-c4c(O)cccc4F)c(Cl)c(F)c23)CC1. The van der Waals surface area contributed by atoms with Crippen LogP contribution in [0.5, 0.6) is 11.5 Å². The predicted molar refractivity (Wildman–Crippen MR) is 259 cm³/mol. The van der Waals surface area contributed by atoms with E-state index >= 15 is 8.78 Å². The lowest BCUT2D eigenvalue weighted by atomic mass is 10.0. The van der Waals surface area contributed by atoms with Crippen molar-refractivity contribution in [1.29, 1.82) is 0 Å². The van der Waals surface area contributed by atoms with E-state index < -0.39 is 23.3 Å². The second-order valence-corrected chi connectivity index (χ2v) is 21.2. The van der Waals surface area contributed by atoms with Crippen molar-refractivity contribution < 1.29 is 37.0 Å². The minimum atomic E-state index is -0.799. The molecule has 22 heteroatoms. The lowest BCUT2D eigenvalue weighted by molar-refractivity contribution is -0.127. The molecule has 2 aromatic heterocycles. The number of aromatic nitrogens is 4. The number of piperazine rings is 2. The molecule has 2 aliphatic rings. The van der Waals surface area contributed by atoms with Gasteiger partial charge in [0.1, 0.15) is 47.4 Å².